The van der Waals surface area contributed by atoms with Gasteiger partial charge in [-0.2, -0.15) is 0 Å². The minimum atomic E-state index is -0.191. The first-order chi connectivity index (χ1) is 8.74. The molecule has 1 aliphatic carbocycles. The molecule has 4 heteroatoms. The largest absolute Gasteiger partial charge is 0.496 e. The molecule has 0 heterocycles. The normalized spacial score (nSPS) is 16.6. The molecule has 0 saturated heterocycles. The van der Waals surface area contributed by atoms with E-state index in [1.165, 1.54) is 12.8 Å². The average molecular weight is 250 g/mol. The zero-order valence-electron chi connectivity index (χ0n) is 10.9. The van der Waals surface area contributed by atoms with Crippen molar-refractivity contribution in [1.82, 2.24) is 0 Å². The molecule has 0 bridgehead atoms. The van der Waals surface area contributed by atoms with Crippen molar-refractivity contribution in [3.63, 3.8) is 0 Å². The highest BCUT2D eigenvalue weighted by Gasteiger charge is 2.21. The maximum Gasteiger partial charge on any atom is 0.123 e. The number of nitrogens with two attached hydrogens (primary N) is 2. The van der Waals surface area contributed by atoms with Crippen LogP contribution >= 0.6 is 0 Å². The fraction of sp³-hybridized carbons (Fsp3) is 0.571. The van der Waals surface area contributed by atoms with Crippen molar-refractivity contribution in [2.75, 3.05) is 20.3 Å². The Morgan fingerprint density at radius 1 is 1.39 bits per heavy atom. The van der Waals surface area contributed by atoms with E-state index in [-0.39, 0.29) is 6.04 Å². The molecule has 4 N–H and O–H groups in total. The van der Waals surface area contributed by atoms with Crippen molar-refractivity contribution >= 4 is 0 Å². The molecule has 1 aliphatic rings. The Bertz CT molecular complexity index is 391. The van der Waals surface area contributed by atoms with Crippen LogP contribution in [0.15, 0.2) is 18.2 Å². The second-order valence-electron chi connectivity index (χ2n) is 4.88. The first kappa shape index (κ1) is 13.3. The van der Waals surface area contributed by atoms with Gasteiger partial charge in [-0.25, -0.2) is 0 Å². The number of ether oxygens (including phenoxy) is 2. The lowest BCUT2D eigenvalue weighted by Crippen LogP contribution is -2.21. The van der Waals surface area contributed by atoms with Crippen molar-refractivity contribution in [3.05, 3.63) is 29.3 Å². The zero-order valence-corrected chi connectivity index (χ0v) is 10.9. The monoisotopic (exact) mass is 250 g/mol. The molecule has 0 radical (unpaired) electrons. The summed E-state index contributed by atoms with van der Waals surface area (Å²) in [6.07, 6.45) is 2.62. The molecule has 0 aliphatic heterocycles. The highest BCUT2D eigenvalue weighted by molar-refractivity contribution is 5.39. The van der Waals surface area contributed by atoms with Crippen LogP contribution in [0.2, 0.25) is 0 Å². The quantitative estimate of drug-likeness (QED) is 0.771. The zero-order chi connectivity index (χ0) is 13.0. The SMILES string of the molecule is COc1ccc(COCC2CC2)cc1C(N)CN. The molecule has 1 atom stereocenters. The minimum absolute atomic E-state index is 0.191. The molecule has 18 heavy (non-hydrogen) atoms. The van der Waals surface area contributed by atoms with Crippen LogP contribution < -0.4 is 16.2 Å². The summed E-state index contributed by atoms with van der Waals surface area (Å²) >= 11 is 0. The van der Waals surface area contributed by atoms with Crippen LogP contribution in [-0.2, 0) is 11.3 Å². The Morgan fingerprint density at radius 3 is 2.78 bits per heavy atom. The number of hydrogen-bond acceptors (Lipinski definition) is 4. The van der Waals surface area contributed by atoms with E-state index in [0.29, 0.717) is 13.2 Å². The van der Waals surface area contributed by atoms with Gasteiger partial charge < -0.3 is 20.9 Å². The van der Waals surface area contributed by atoms with Gasteiger partial charge >= 0.3 is 0 Å². The predicted octanol–water partition coefficient (Wildman–Crippen LogP) is 1.58. The molecule has 0 aromatic heterocycles. The summed E-state index contributed by atoms with van der Waals surface area (Å²) < 4.78 is 11.0. The van der Waals surface area contributed by atoms with Gasteiger partial charge in [0.1, 0.15) is 5.75 Å². The number of rotatable bonds is 7. The van der Waals surface area contributed by atoms with Gasteiger partial charge in [0.2, 0.25) is 0 Å². The standard InChI is InChI=1S/C14H22N2O2/c1-17-14-5-4-11(6-12(14)13(16)7-15)9-18-8-10-2-3-10/h4-6,10,13H,2-3,7-9,15-16H2,1H3. The molecule has 4 nitrogen and oxygen atoms in total. The fourth-order valence-electron chi connectivity index (χ4n) is 1.92. The van der Waals surface area contributed by atoms with Gasteiger partial charge in [0, 0.05) is 24.8 Å². The van der Waals surface area contributed by atoms with Gasteiger partial charge in [0.25, 0.3) is 0 Å². The van der Waals surface area contributed by atoms with Gasteiger partial charge in [-0.3, -0.25) is 0 Å². The molecule has 2 rings (SSSR count). The molecule has 1 fully saturated rings. The Kier molecular flexibility index (Phi) is 4.58. The molecule has 1 aromatic rings. The molecule has 1 aromatic carbocycles. The summed E-state index contributed by atoms with van der Waals surface area (Å²) in [6.45, 7) is 1.90. The van der Waals surface area contributed by atoms with Crippen molar-refractivity contribution < 1.29 is 9.47 Å². The first-order valence-corrected chi connectivity index (χ1v) is 6.44. The number of methoxy groups -OCH3 is 1. The molecular weight excluding hydrogens is 228 g/mol. The topological polar surface area (TPSA) is 70.5 Å². The lowest BCUT2D eigenvalue weighted by molar-refractivity contribution is 0.111. The van der Waals surface area contributed by atoms with E-state index in [1.54, 1.807) is 7.11 Å². The highest BCUT2D eigenvalue weighted by atomic mass is 16.5. The summed E-state index contributed by atoms with van der Waals surface area (Å²) in [5.41, 5.74) is 13.7. The average Bonchev–Trinajstić information content (AvgIpc) is 3.22. The smallest absolute Gasteiger partial charge is 0.123 e. The molecule has 100 valence electrons. The minimum Gasteiger partial charge on any atom is -0.496 e. The second kappa shape index (κ2) is 6.18. The molecule has 0 spiro atoms. The summed E-state index contributed by atoms with van der Waals surface area (Å²) in [5.74, 6) is 1.58. The number of hydrogen-bond donors (Lipinski definition) is 2. The summed E-state index contributed by atoms with van der Waals surface area (Å²) in [5, 5.41) is 0. The molecule has 0 amide bonds. The van der Waals surface area contributed by atoms with Crippen LogP contribution in [0.4, 0.5) is 0 Å². The van der Waals surface area contributed by atoms with E-state index in [1.807, 2.05) is 18.2 Å². The van der Waals surface area contributed by atoms with E-state index in [9.17, 15) is 0 Å². The van der Waals surface area contributed by atoms with Gasteiger partial charge in [-0.15, -0.1) is 0 Å². The third kappa shape index (κ3) is 3.45. The highest BCUT2D eigenvalue weighted by Crippen LogP contribution is 2.29. The van der Waals surface area contributed by atoms with Gasteiger partial charge in [-0.05, 0) is 36.5 Å². The Labute approximate surface area is 108 Å². The van der Waals surface area contributed by atoms with Gasteiger partial charge in [0.15, 0.2) is 0 Å². The van der Waals surface area contributed by atoms with E-state index in [4.69, 9.17) is 20.9 Å². The van der Waals surface area contributed by atoms with Crippen molar-refractivity contribution in [2.45, 2.75) is 25.5 Å². The van der Waals surface area contributed by atoms with Gasteiger partial charge in [0.05, 0.1) is 13.7 Å². The van der Waals surface area contributed by atoms with E-state index in [2.05, 4.69) is 0 Å². The van der Waals surface area contributed by atoms with E-state index >= 15 is 0 Å². The lowest BCUT2D eigenvalue weighted by Gasteiger charge is -2.15. The van der Waals surface area contributed by atoms with E-state index < -0.39 is 0 Å². The molecule has 1 saturated carbocycles. The maximum absolute atomic E-state index is 5.98. The van der Waals surface area contributed by atoms with Crippen LogP contribution in [0.25, 0.3) is 0 Å². The van der Waals surface area contributed by atoms with Crippen LogP contribution in [0.5, 0.6) is 5.75 Å². The van der Waals surface area contributed by atoms with Crippen LogP contribution in [-0.4, -0.2) is 20.3 Å². The Morgan fingerprint density at radius 2 is 2.17 bits per heavy atom. The fourth-order valence-corrected chi connectivity index (χ4v) is 1.92. The summed E-state index contributed by atoms with van der Waals surface area (Å²) in [4.78, 5) is 0. The van der Waals surface area contributed by atoms with Crippen molar-refractivity contribution in [3.8, 4) is 5.75 Å². The van der Waals surface area contributed by atoms with Crippen LogP contribution in [0.3, 0.4) is 0 Å². The number of benzene rings is 1. The third-order valence-electron chi connectivity index (χ3n) is 3.27. The lowest BCUT2D eigenvalue weighted by atomic mass is 10.0. The first-order valence-electron chi connectivity index (χ1n) is 6.44. The van der Waals surface area contributed by atoms with Crippen molar-refractivity contribution in [2.24, 2.45) is 17.4 Å². The molecular formula is C14H22N2O2. The Hall–Kier alpha value is -1.10. The Balaban J connectivity index is 2.01. The van der Waals surface area contributed by atoms with E-state index in [0.717, 1.165) is 29.4 Å². The maximum atomic E-state index is 5.98. The second-order valence-corrected chi connectivity index (χ2v) is 4.88. The summed E-state index contributed by atoms with van der Waals surface area (Å²) in [7, 11) is 1.64. The predicted molar refractivity (Wildman–Crippen MR) is 71.4 cm³/mol. The van der Waals surface area contributed by atoms with Crippen LogP contribution in [0.1, 0.15) is 30.0 Å². The third-order valence-corrected chi connectivity index (χ3v) is 3.27. The van der Waals surface area contributed by atoms with Crippen LogP contribution in [0, 0.1) is 5.92 Å². The molecule has 1 unspecified atom stereocenters. The van der Waals surface area contributed by atoms with Crippen molar-refractivity contribution in [1.29, 1.82) is 0 Å². The summed E-state index contributed by atoms with van der Waals surface area (Å²) in [6, 6.07) is 5.78. The van der Waals surface area contributed by atoms with Gasteiger partial charge in [-0.1, -0.05) is 6.07 Å².